The zero-order valence-electron chi connectivity index (χ0n) is 9.75. The third-order valence-corrected chi connectivity index (χ3v) is 3.21. The number of benzene rings is 1. The Morgan fingerprint density at radius 2 is 1.93 bits per heavy atom. The van der Waals surface area contributed by atoms with Crippen LogP contribution in [-0.4, -0.2) is 18.6 Å². The van der Waals surface area contributed by atoms with Crippen molar-refractivity contribution in [3.8, 4) is 0 Å². The molecular weight excluding hydrogens is 202 g/mol. The fourth-order valence-electron chi connectivity index (χ4n) is 1.64. The van der Waals surface area contributed by atoms with E-state index in [1.165, 1.54) is 23.3 Å². The predicted molar refractivity (Wildman–Crippen MR) is 70.5 cm³/mol. The lowest BCUT2D eigenvalue weighted by Gasteiger charge is -2.08. The SMILES string of the molecule is CCc1ccccc1CNCCCSC. The number of hydrogen-bond donors (Lipinski definition) is 1. The average molecular weight is 223 g/mol. The molecule has 0 amide bonds. The van der Waals surface area contributed by atoms with Gasteiger partial charge >= 0.3 is 0 Å². The van der Waals surface area contributed by atoms with Crippen LogP contribution >= 0.6 is 11.8 Å². The van der Waals surface area contributed by atoms with Crippen LogP contribution in [-0.2, 0) is 13.0 Å². The van der Waals surface area contributed by atoms with E-state index in [9.17, 15) is 0 Å². The Kier molecular flexibility index (Phi) is 6.53. The molecule has 84 valence electrons. The lowest BCUT2D eigenvalue weighted by molar-refractivity contribution is 0.675. The zero-order chi connectivity index (χ0) is 10.9. The second-order valence-electron chi connectivity index (χ2n) is 3.65. The van der Waals surface area contributed by atoms with Crippen molar-refractivity contribution in [2.45, 2.75) is 26.3 Å². The van der Waals surface area contributed by atoms with E-state index in [4.69, 9.17) is 0 Å². The summed E-state index contributed by atoms with van der Waals surface area (Å²) in [5, 5.41) is 3.50. The van der Waals surface area contributed by atoms with Gasteiger partial charge in [0.1, 0.15) is 0 Å². The van der Waals surface area contributed by atoms with Gasteiger partial charge in [0.2, 0.25) is 0 Å². The molecule has 0 unspecified atom stereocenters. The minimum Gasteiger partial charge on any atom is -0.313 e. The zero-order valence-corrected chi connectivity index (χ0v) is 10.6. The summed E-state index contributed by atoms with van der Waals surface area (Å²) in [6.07, 6.45) is 4.55. The Labute approximate surface area is 97.7 Å². The standard InChI is InChI=1S/C13H21NS/c1-3-12-7-4-5-8-13(12)11-14-9-6-10-15-2/h4-5,7-8,14H,3,6,9-11H2,1-2H3. The first-order valence-corrected chi connectivity index (χ1v) is 7.04. The van der Waals surface area contributed by atoms with Gasteiger partial charge in [0.05, 0.1) is 0 Å². The summed E-state index contributed by atoms with van der Waals surface area (Å²) < 4.78 is 0. The number of aryl methyl sites for hydroxylation is 1. The fraction of sp³-hybridized carbons (Fsp3) is 0.538. The minimum atomic E-state index is 1.01. The Morgan fingerprint density at radius 1 is 1.20 bits per heavy atom. The molecule has 0 spiro atoms. The molecule has 0 aliphatic carbocycles. The highest BCUT2D eigenvalue weighted by molar-refractivity contribution is 7.98. The van der Waals surface area contributed by atoms with Gasteiger partial charge in [-0.1, -0.05) is 31.2 Å². The van der Waals surface area contributed by atoms with Gasteiger partial charge in [0, 0.05) is 6.54 Å². The van der Waals surface area contributed by atoms with Crippen molar-refractivity contribution >= 4 is 11.8 Å². The molecule has 0 saturated carbocycles. The largest absolute Gasteiger partial charge is 0.313 e. The molecule has 1 aromatic rings. The molecule has 0 heterocycles. The van der Waals surface area contributed by atoms with Gasteiger partial charge in [-0.2, -0.15) is 11.8 Å². The molecule has 1 N–H and O–H groups in total. The number of hydrogen-bond acceptors (Lipinski definition) is 2. The van der Waals surface area contributed by atoms with E-state index in [1.54, 1.807) is 0 Å². The molecule has 0 radical (unpaired) electrons. The number of thioether (sulfide) groups is 1. The Balaban J connectivity index is 2.30. The molecule has 0 fully saturated rings. The molecule has 0 aliphatic heterocycles. The van der Waals surface area contributed by atoms with Crippen LogP contribution in [0.25, 0.3) is 0 Å². The maximum Gasteiger partial charge on any atom is 0.0208 e. The molecule has 2 heteroatoms. The predicted octanol–water partition coefficient (Wildman–Crippen LogP) is 3.09. The smallest absolute Gasteiger partial charge is 0.0208 e. The lowest BCUT2D eigenvalue weighted by atomic mass is 10.1. The van der Waals surface area contributed by atoms with Crippen molar-refractivity contribution in [1.29, 1.82) is 0 Å². The van der Waals surface area contributed by atoms with E-state index < -0.39 is 0 Å². The highest BCUT2D eigenvalue weighted by Gasteiger charge is 1.98. The maximum atomic E-state index is 3.50. The van der Waals surface area contributed by atoms with Crippen molar-refractivity contribution in [2.75, 3.05) is 18.6 Å². The molecule has 0 aliphatic rings. The van der Waals surface area contributed by atoms with E-state index in [1.807, 2.05) is 11.8 Å². The van der Waals surface area contributed by atoms with Crippen LogP contribution in [0, 0.1) is 0 Å². The maximum absolute atomic E-state index is 3.50. The highest BCUT2D eigenvalue weighted by atomic mass is 32.2. The molecule has 0 saturated heterocycles. The summed E-state index contributed by atoms with van der Waals surface area (Å²) in [7, 11) is 0. The highest BCUT2D eigenvalue weighted by Crippen LogP contribution is 2.08. The van der Waals surface area contributed by atoms with Crippen LogP contribution in [0.3, 0.4) is 0 Å². The van der Waals surface area contributed by atoms with Gasteiger partial charge in [0.15, 0.2) is 0 Å². The quantitative estimate of drug-likeness (QED) is 0.713. The van der Waals surface area contributed by atoms with Gasteiger partial charge in [-0.15, -0.1) is 0 Å². The average Bonchev–Trinajstić information content (AvgIpc) is 2.29. The van der Waals surface area contributed by atoms with Gasteiger partial charge in [0.25, 0.3) is 0 Å². The second kappa shape index (κ2) is 7.77. The van der Waals surface area contributed by atoms with Gasteiger partial charge < -0.3 is 5.32 Å². The van der Waals surface area contributed by atoms with Gasteiger partial charge in [-0.3, -0.25) is 0 Å². The van der Waals surface area contributed by atoms with E-state index in [-0.39, 0.29) is 0 Å². The minimum absolute atomic E-state index is 1.01. The van der Waals surface area contributed by atoms with Crippen LogP contribution < -0.4 is 5.32 Å². The molecule has 1 rings (SSSR count). The van der Waals surface area contributed by atoms with Crippen molar-refractivity contribution in [3.63, 3.8) is 0 Å². The Bertz CT molecular complexity index is 273. The van der Waals surface area contributed by atoms with Crippen molar-refractivity contribution < 1.29 is 0 Å². The van der Waals surface area contributed by atoms with Crippen LogP contribution in [0.2, 0.25) is 0 Å². The van der Waals surface area contributed by atoms with Crippen molar-refractivity contribution in [3.05, 3.63) is 35.4 Å². The Hall–Kier alpha value is -0.470. The third kappa shape index (κ3) is 4.72. The monoisotopic (exact) mass is 223 g/mol. The molecule has 1 nitrogen and oxygen atoms in total. The number of rotatable bonds is 7. The van der Waals surface area contributed by atoms with Crippen LogP contribution in [0.1, 0.15) is 24.5 Å². The van der Waals surface area contributed by atoms with Crippen molar-refractivity contribution in [1.82, 2.24) is 5.32 Å². The summed E-state index contributed by atoms with van der Waals surface area (Å²) >= 11 is 1.92. The molecule has 1 aromatic carbocycles. The van der Waals surface area contributed by atoms with E-state index in [0.717, 1.165) is 19.5 Å². The van der Waals surface area contributed by atoms with Crippen LogP contribution in [0.4, 0.5) is 0 Å². The first-order chi connectivity index (χ1) is 7.38. The third-order valence-electron chi connectivity index (χ3n) is 2.52. The molecule has 0 aromatic heterocycles. The fourth-order valence-corrected chi connectivity index (χ4v) is 2.07. The number of nitrogens with one attached hydrogen (secondary N) is 1. The normalized spacial score (nSPS) is 10.5. The van der Waals surface area contributed by atoms with E-state index in [0.29, 0.717) is 0 Å². The summed E-state index contributed by atoms with van der Waals surface area (Å²) in [5.41, 5.74) is 2.92. The van der Waals surface area contributed by atoms with Crippen LogP contribution in [0.15, 0.2) is 24.3 Å². The summed E-state index contributed by atoms with van der Waals surface area (Å²) in [5.74, 6) is 1.25. The van der Waals surface area contributed by atoms with Gasteiger partial charge in [-0.25, -0.2) is 0 Å². The molecule has 0 atom stereocenters. The van der Waals surface area contributed by atoms with Gasteiger partial charge in [-0.05, 0) is 42.5 Å². The van der Waals surface area contributed by atoms with E-state index in [2.05, 4.69) is 42.8 Å². The second-order valence-corrected chi connectivity index (χ2v) is 4.63. The summed E-state index contributed by atoms with van der Waals surface area (Å²) in [4.78, 5) is 0. The summed E-state index contributed by atoms with van der Waals surface area (Å²) in [6.45, 7) is 4.35. The van der Waals surface area contributed by atoms with Crippen LogP contribution in [0.5, 0.6) is 0 Å². The first-order valence-electron chi connectivity index (χ1n) is 5.65. The molecule has 0 bridgehead atoms. The first kappa shape index (κ1) is 12.6. The lowest BCUT2D eigenvalue weighted by Crippen LogP contribution is -2.16. The summed E-state index contributed by atoms with van der Waals surface area (Å²) in [6, 6.07) is 8.69. The molecular formula is C13H21NS. The molecule has 15 heavy (non-hydrogen) atoms. The van der Waals surface area contributed by atoms with E-state index >= 15 is 0 Å². The topological polar surface area (TPSA) is 12.0 Å². The Morgan fingerprint density at radius 3 is 2.60 bits per heavy atom. The van der Waals surface area contributed by atoms with Crippen molar-refractivity contribution in [2.24, 2.45) is 0 Å².